The summed E-state index contributed by atoms with van der Waals surface area (Å²) < 4.78 is 6.92. The van der Waals surface area contributed by atoms with E-state index < -0.39 is 5.97 Å². The lowest BCUT2D eigenvalue weighted by Crippen LogP contribution is -2.28. The molecule has 0 aliphatic heterocycles. The number of nitrogens with zero attached hydrogens (tertiary/aromatic N) is 4. The van der Waals surface area contributed by atoms with Crippen LogP contribution in [0.5, 0.6) is 0 Å². The molecule has 144 valence electrons. The van der Waals surface area contributed by atoms with Gasteiger partial charge in [-0.3, -0.25) is 4.68 Å². The average molecular weight is 377 g/mol. The molecule has 1 N–H and O–H groups in total. The molecule has 0 spiro atoms. The lowest BCUT2D eigenvalue weighted by atomic mass is 9.73. The summed E-state index contributed by atoms with van der Waals surface area (Å²) in [5.41, 5.74) is 4.61. The van der Waals surface area contributed by atoms with Crippen LogP contribution in [0.15, 0.2) is 36.5 Å². The Morgan fingerprint density at radius 2 is 2.04 bits per heavy atom. The van der Waals surface area contributed by atoms with E-state index in [2.05, 4.69) is 29.2 Å². The molecule has 3 aromatic rings. The molecule has 0 radical (unpaired) electrons. The third-order valence-corrected chi connectivity index (χ3v) is 5.00. The first-order chi connectivity index (χ1) is 13.4. The molecule has 0 amide bonds. The van der Waals surface area contributed by atoms with Gasteiger partial charge in [-0.05, 0) is 30.9 Å². The molecule has 0 saturated heterocycles. The van der Waals surface area contributed by atoms with Gasteiger partial charge in [0.25, 0.3) is 0 Å². The minimum Gasteiger partial charge on any atom is -0.461 e. The Kier molecular flexibility index (Phi) is 4.37. The Labute approximate surface area is 163 Å². The SMILES string of the molecule is CCOC(=O)c1nn(C)c2c1CC(C)(C)c1cnc(Nc3ccccc3)nc1-2. The van der Waals surface area contributed by atoms with Gasteiger partial charge in [-0.25, -0.2) is 14.8 Å². The third-order valence-electron chi connectivity index (χ3n) is 5.00. The van der Waals surface area contributed by atoms with Crippen LogP contribution in [-0.4, -0.2) is 32.3 Å². The molecule has 4 rings (SSSR count). The summed E-state index contributed by atoms with van der Waals surface area (Å²) in [5, 5.41) is 7.69. The molecule has 1 aliphatic rings. The van der Waals surface area contributed by atoms with Gasteiger partial charge in [-0.2, -0.15) is 5.10 Å². The average Bonchev–Trinajstić information content (AvgIpc) is 2.98. The van der Waals surface area contributed by atoms with Crippen molar-refractivity contribution in [1.29, 1.82) is 0 Å². The van der Waals surface area contributed by atoms with Crippen molar-refractivity contribution in [3.8, 4) is 11.4 Å². The van der Waals surface area contributed by atoms with Crippen LogP contribution in [0.3, 0.4) is 0 Å². The number of carbonyl (C=O) groups is 1. The summed E-state index contributed by atoms with van der Waals surface area (Å²) in [6.45, 7) is 6.37. The van der Waals surface area contributed by atoms with Crippen LogP contribution in [-0.2, 0) is 23.6 Å². The number of hydrogen-bond donors (Lipinski definition) is 1. The second-order valence-corrected chi connectivity index (χ2v) is 7.53. The largest absolute Gasteiger partial charge is 0.461 e. The fraction of sp³-hybridized carbons (Fsp3) is 0.333. The molecule has 0 bridgehead atoms. The smallest absolute Gasteiger partial charge is 0.359 e. The molecule has 0 fully saturated rings. The van der Waals surface area contributed by atoms with Gasteiger partial charge in [-0.1, -0.05) is 32.0 Å². The number of rotatable bonds is 4. The Morgan fingerprint density at radius 3 is 2.75 bits per heavy atom. The molecule has 1 aromatic carbocycles. The van der Waals surface area contributed by atoms with Gasteiger partial charge >= 0.3 is 5.97 Å². The van der Waals surface area contributed by atoms with Crippen molar-refractivity contribution >= 4 is 17.6 Å². The predicted octanol–water partition coefficient (Wildman–Crippen LogP) is 3.63. The van der Waals surface area contributed by atoms with Gasteiger partial charge in [0.1, 0.15) is 0 Å². The van der Waals surface area contributed by atoms with E-state index in [9.17, 15) is 4.79 Å². The van der Waals surface area contributed by atoms with Gasteiger partial charge in [0, 0.05) is 30.1 Å². The van der Waals surface area contributed by atoms with Gasteiger partial charge < -0.3 is 10.1 Å². The highest BCUT2D eigenvalue weighted by Crippen LogP contribution is 2.43. The molecule has 1 aliphatic carbocycles. The maximum atomic E-state index is 12.4. The Hall–Kier alpha value is -3.22. The summed E-state index contributed by atoms with van der Waals surface area (Å²) >= 11 is 0. The van der Waals surface area contributed by atoms with Crippen LogP contribution in [0.2, 0.25) is 0 Å². The number of para-hydroxylation sites is 1. The normalized spacial score (nSPS) is 14.1. The first-order valence-corrected chi connectivity index (χ1v) is 9.33. The Bertz CT molecular complexity index is 1040. The lowest BCUT2D eigenvalue weighted by molar-refractivity contribution is 0.0517. The van der Waals surface area contributed by atoms with Gasteiger partial charge in [0.05, 0.1) is 18.0 Å². The summed E-state index contributed by atoms with van der Waals surface area (Å²) in [6, 6.07) is 9.78. The maximum absolute atomic E-state index is 12.4. The van der Waals surface area contributed by atoms with E-state index >= 15 is 0 Å². The highest BCUT2D eigenvalue weighted by molar-refractivity contribution is 5.92. The van der Waals surface area contributed by atoms with Gasteiger partial charge in [0.15, 0.2) is 5.69 Å². The Balaban J connectivity index is 1.83. The van der Waals surface area contributed by atoms with E-state index in [1.54, 1.807) is 11.6 Å². The van der Waals surface area contributed by atoms with Crippen molar-refractivity contribution in [2.24, 2.45) is 7.05 Å². The van der Waals surface area contributed by atoms with E-state index in [-0.39, 0.29) is 5.41 Å². The van der Waals surface area contributed by atoms with Crippen molar-refractivity contribution in [2.45, 2.75) is 32.6 Å². The van der Waals surface area contributed by atoms with Gasteiger partial charge in [0.2, 0.25) is 5.95 Å². The van der Waals surface area contributed by atoms with Gasteiger partial charge in [-0.15, -0.1) is 0 Å². The fourth-order valence-corrected chi connectivity index (χ4v) is 3.70. The van der Waals surface area contributed by atoms with Crippen molar-refractivity contribution < 1.29 is 9.53 Å². The number of anilines is 2. The second kappa shape index (κ2) is 6.74. The Morgan fingerprint density at radius 1 is 1.29 bits per heavy atom. The van der Waals surface area contributed by atoms with E-state index in [1.165, 1.54) is 0 Å². The number of nitrogens with one attached hydrogen (secondary N) is 1. The zero-order valence-electron chi connectivity index (χ0n) is 16.5. The second-order valence-electron chi connectivity index (χ2n) is 7.53. The van der Waals surface area contributed by atoms with Crippen LogP contribution in [0.25, 0.3) is 11.4 Å². The highest BCUT2D eigenvalue weighted by atomic mass is 16.5. The van der Waals surface area contributed by atoms with E-state index in [0.29, 0.717) is 24.7 Å². The number of ether oxygens (including phenoxy) is 1. The minimum absolute atomic E-state index is 0.224. The van der Waals surface area contributed by atoms with Crippen LogP contribution in [0.1, 0.15) is 42.4 Å². The summed E-state index contributed by atoms with van der Waals surface area (Å²) in [7, 11) is 1.83. The number of benzene rings is 1. The number of aromatic nitrogens is 4. The van der Waals surface area contributed by atoms with Crippen LogP contribution >= 0.6 is 0 Å². The van der Waals surface area contributed by atoms with Crippen LogP contribution in [0.4, 0.5) is 11.6 Å². The number of hydrogen-bond acceptors (Lipinski definition) is 6. The molecule has 28 heavy (non-hydrogen) atoms. The van der Waals surface area contributed by atoms with E-state index in [4.69, 9.17) is 9.72 Å². The summed E-state index contributed by atoms with van der Waals surface area (Å²) in [6.07, 6.45) is 2.54. The zero-order valence-corrected chi connectivity index (χ0v) is 16.5. The summed E-state index contributed by atoms with van der Waals surface area (Å²) in [4.78, 5) is 21.7. The molecular weight excluding hydrogens is 354 g/mol. The standard InChI is InChI=1S/C21H23N5O2/c1-5-28-19(27)16-14-11-21(2,3)15-12-22-20(23-13-9-7-6-8-10-13)24-17(15)18(14)26(4)25-16/h6-10,12H,5,11H2,1-4H3,(H,22,23,24). The molecule has 0 saturated carbocycles. The molecule has 7 heteroatoms. The maximum Gasteiger partial charge on any atom is 0.359 e. The number of esters is 1. The first kappa shape index (κ1) is 18.2. The topological polar surface area (TPSA) is 81.9 Å². The molecule has 0 atom stereocenters. The number of fused-ring (bicyclic) bond motifs is 3. The van der Waals surface area contributed by atoms with Crippen LogP contribution < -0.4 is 5.32 Å². The van der Waals surface area contributed by atoms with Crippen molar-refractivity contribution in [3.63, 3.8) is 0 Å². The quantitative estimate of drug-likeness (QED) is 0.699. The zero-order chi connectivity index (χ0) is 19.9. The van der Waals surface area contributed by atoms with Crippen molar-refractivity contribution in [3.05, 3.63) is 53.3 Å². The lowest BCUT2D eigenvalue weighted by Gasteiger charge is -2.31. The monoisotopic (exact) mass is 377 g/mol. The molecule has 7 nitrogen and oxygen atoms in total. The molecule has 2 aromatic heterocycles. The molecule has 2 heterocycles. The van der Waals surface area contributed by atoms with Crippen molar-refractivity contribution in [1.82, 2.24) is 19.7 Å². The van der Waals surface area contributed by atoms with Crippen LogP contribution in [0, 0.1) is 0 Å². The third kappa shape index (κ3) is 3.02. The number of carbonyl (C=O) groups excluding carboxylic acids is 1. The van der Waals surface area contributed by atoms with Crippen molar-refractivity contribution in [2.75, 3.05) is 11.9 Å². The van der Waals surface area contributed by atoms with E-state index in [1.807, 2.05) is 43.6 Å². The molecular formula is C21H23N5O2. The predicted molar refractivity (Wildman–Crippen MR) is 107 cm³/mol. The fourth-order valence-electron chi connectivity index (χ4n) is 3.70. The minimum atomic E-state index is -0.393. The molecule has 0 unspecified atom stereocenters. The first-order valence-electron chi connectivity index (χ1n) is 9.33. The number of aryl methyl sites for hydroxylation is 1. The highest BCUT2D eigenvalue weighted by Gasteiger charge is 2.38. The summed E-state index contributed by atoms with van der Waals surface area (Å²) in [5.74, 6) is 0.114. The van der Waals surface area contributed by atoms with E-state index in [0.717, 1.165) is 28.2 Å².